The fourth-order valence-electron chi connectivity index (χ4n) is 4.89. The Balaban J connectivity index is 1.26. The Hall–Kier alpha value is -4.21. The topological polar surface area (TPSA) is 88.0 Å². The van der Waals surface area contributed by atoms with E-state index in [-0.39, 0.29) is 17.9 Å². The van der Waals surface area contributed by atoms with Crippen molar-refractivity contribution in [2.24, 2.45) is 0 Å². The summed E-state index contributed by atoms with van der Waals surface area (Å²) in [6, 6.07) is 20.4. The van der Waals surface area contributed by atoms with Gasteiger partial charge >= 0.3 is 6.03 Å². The molecule has 0 unspecified atom stereocenters. The lowest BCUT2D eigenvalue weighted by Crippen LogP contribution is -2.46. The van der Waals surface area contributed by atoms with E-state index < -0.39 is 0 Å². The molecule has 3 aromatic carbocycles. The zero-order valence-electron chi connectivity index (χ0n) is 21.2. The minimum absolute atomic E-state index is 0.0145. The van der Waals surface area contributed by atoms with Gasteiger partial charge in [0.1, 0.15) is 18.0 Å². The molecule has 202 valence electrons. The molecule has 1 saturated heterocycles. The van der Waals surface area contributed by atoms with E-state index in [1.807, 2.05) is 53.1 Å². The minimum atomic E-state index is -0.353. The maximum absolute atomic E-state index is 13.1. The van der Waals surface area contributed by atoms with Gasteiger partial charge in [-0.1, -0.05) is 35.3 Å². The van der Waals surface area contributed by atoms with Crippen molar-refractivity contribution in [2.45, 2.75) is 18.9 Å². The van der Waals surface area contributed by atoms with Gasteiger partial charge in [-0.05, 0) is 73.5 Å². The lowest BCUT2D eigenvalue weighted by atomic mass is 10.1. The number of carbonyl (C=O) groups excluding carboxylic acids is 1. The van der Waals surface area contributed by atoms with E-state index >= 15 is 0 Å². The van der Waals surface area contributed by atoms with Crippen LogP contribution in [0.5, 0.6) is 0 Å². The third-order valence-corrected chi connectivity index (χ3v) is 7.44. The first kappa shape index (κ1) is 26.0. The average Bonchev–Trinajstić information content (AvgIpc) is 3.35. The minimum Gasteiger partial charge on any atom is -0.355 e. The number of carbonyl (C=O) groups is 1. The number of nitrogens with one attached hydrogen (secondary N) is 2. The van der Waals surface area contributed by atoms with E-state index in [1.54, 1.807) is 6.33 Å². The summed E-state index contributed by atoms with van der Waals surface area (Å²) in [6.45, 7) is 1.34. The number of fused-ring (bicyclic) bond motifs is 1. The molecule has 1 aliphatic rings. The average molecular weight is 576 g/mol. The van der Waals surface area contributed by atoms with E-state index in [0.717, 1.165) is 29.9 Å². The van der Waals surface area contributed by atoms with Crippen molar-refractivity contribution >= 4 is 51.9 Å². The van der Waals surface area contributed by atoms with Gasteiger partial charge in [-0.15, -0.1) is 0 Å². The zero-order valence-corrected chi connectivity index (χ0v) is 22.7. The van der Waals surface area contributed by atoms with Gasteiger partial charge in [0, 0.05) is 41.1 Å². The van der Waals surface area contributed by atoms with Crippen LogP contribution in [0, 0.1) is 5.82 Å². The molecule has 3 heterocycles. The van der Waals surface area contributed by atoms with E-state index in [1.165, 1.54) is 24.3 Å². The monoisotopic (exact) mass is 575 g/mol. The predicted octanol–water partition coefficient (Wildman–Crippen LogP) is 6.72. The Morgan fingerprint density at radius 1 is 0.925 bits per heavy atom. The van der Waals surface area contributed by atoms with E-state index in [4.69, 9.17) is 28.2 Å². The first-order valence-electron chi connectivity index (χ1n) is 12.8. The highest BCUT2D eigenvalue weighted by Crippen LogP contribution is 2.35. The first-order valence-corrected chi connectivity index (χ1v) is 13.5. The van der Waals surface area contributed by atoms with Crippen LogP contribution >= 0.6 is 23.2 Å². The molecule has 0 spiro atoms. The maximum Gasteiger partial charge on any atom is 0.319 e. The summed E-state index contributed by atoms with van der Waals surface area (Å²) in [5.41, 5.74) is 3.47. The molecule has 11 heteroatoms. The molecule has 1 fully saturated rings. The van der Waals surface area contributed by atoms with Gasteiger partial charge in [0.05, 0.1) is 5.02 Å². The Morgan fingerprint density at radius 3 is 2.38 bits per heavy atom. The van der Waals surface area contributed by atoms with E-state index in [2.05, 4.69) is 25.5 Å². The largest absolute Gasteiger partial charge is 0.355 e. The third kappa shape index (κ3) is 5.30. The van der Waals surface area contributed by atoms with Crippen LogP contribution in [0.15, 0.2) is 79.1 Å². The molecule has 2 amide bonds. The highest BCUT2D eigenvalue weighted by molar-refractivity contribution is 6.33. The summed E-state index contributed by atoms with van der Waals surface area (Å²) in [7, 11) is 0. The highest BCUT2D eigenvalue weighted by Gasteiger charge is 2.26. The van der Waals surface area contributed by atoms with Crippen molar-refractivity contribution in [3.63, 3.8) is 0 Å². The predicted molar refractivity (Wildman–Crippen MR) is 156 cm³/mol. The van der Waals surface area contributed by atoms with Crippen molar-refractivity contribution in [3.8, 4) is 17.1 Å². The van der Waals surface area contributed by atoms with Crippen LogP contribution in [-0.4, -0.2) is 44.7 Å². The molecular formula is C29H24Cl2FN7O. The number of rotatable bonds is 5. The Labute approximate surface area is 239 Å². The van der Waals surface area contributed by atoms with Gasteiger partial charge < -0.3 is 15.5 Å². The quantitative estimate of drug-likeness (QED) is 0.243. The fraction of sp³-hybridized carbons (Fsp3) is 0.172. The van der Waals surface area contributed by atoms with Gasteiger partial charge in [0.15, 0.2) is 17.0 Å². The summed E-state index contributed by atoms with van der Waals surface area (Å²) in [6.07, 6.45) is 2.98. The second kappa shape index (κ2) is 11.1. The van der Waals surface area contributed by atoms with Crippen LogP contribution in [0.3, 0.4) is 0 Å². The number of imidazole rings is 1. The third-order valence-electron chi connectivity index (χ3n) is 6.86. The summed E-state index contributed by atoms with van der Waals surface area (Å²) in [5, 5.41) is 6.97. The molecule has 40 heavy (non-hydrogen) atoms. The number of anilines is 2. The van der Waals surface area contributed by atoms with Crippen molar-refractivity contribution in [1.29, 1.82) is 0 Å². The van der Waals surface area contributed by atoms with Crippen molar-refractivity contribution in [3.05, 3.63) is 95.0 Å². The van der Waals surface area contributed by atoms with Crippen LogP contribution in [0.1, 0.15) is 12.8 Å². The summed E-state index contributed by atoms with van der Waals surface area (Å²) < 4.78 is 15.1. The zero-order chi connectivity index (χ0) is 27.6. The molecular weight excluding hydrogens is 552 g/mol. The molecule has 5 aromatic rings. The number of aromatic nitrogens is 4. The Bertz CT molecular complexity index is 1670. The second-order valence-electron chi connectivity index (χ2n) is 9.46. The number of amides is 2. The lowest BCUT2D eigenvalue weighted by Gasteiger charge is -2.33. The van der Waals surface area contributed by atoms with Crippen molar-refractivity contribution < 1.29 is 9.18 Å². The van der Waals surface area contributed by atoms with Crippen LogP contribution in [-0.2, 0) is 0 Å². The van der Waals surface area contributed by atoms with Gasteiger partial charge in [0.25, 0.3) is 0 Å². The van der Waals surface area contributed by atoms with Crippen LogP contribution in [0.25, 0.3) is 28.2 Å². The van der Waals surface area contributed by atoms with Gasteiger partial charge in [-0.2, -0.15) is 0 Å². The van der Waals surface area contributed by atoms with E-state index in [9.17, 15) is 9.18 Å². The number of urea groups is 1. The molecule has 6 rings (SSSR count). The molecule has 1 aliphatic heterocycles. The van der Waals surface area contributed by atoms with Gasteiger partial charge in [0.2, 0.25) is 0 Å². The molecule has 0 aliphatic carbocycles. The summed E-state index contributed by atoms with van der Waals surface area (Å²) in [5.74, 6) is 1.02. The van der Waals surface area contributed by atoms with Crippen molar-refractivity contribution in [2.75, 3.05) is 23.3 Å². The molecule has 2 N–H and O–H groups in total. The number of halogens is 3. The fourth-order valence-corrected chi connectivity index (χ4v) is 5.24. The molecule has 0 saturated carbocycles. The molecule has 8 nitrogen and oxygen atoms in total. The first-order chi connectivity index (χ1) is 19.5. The Kier molecular flexibility index (Phi) is 7.23. The smallest absolute Gasteiger partial charge is 0.319 e. The summed E-state index contributed by atoms with van der Waals surface area (Å²) >= 11 is 12.8. The standard InChI is InChI=1S/C29H24Cl2FN7O/c30-18-5-11-22(12-6-18)39-26(23-3-1-2-4-24(23)31)37-25-27(33-17-34-28(25)39)38-15-13-21(14-16-38)36-29(40)35-20-9-7-19(32)8-10-20/h1-12,17,21H,13-16H2,(H2,35,36,40). The van der Waals surface area contributed by atoms with Crippen LogP contribution < -0.4 is 15.5 Å². The van der Waals surface area contributed by atoms with Gasteiger partial charge in [-0.3, -0.25) is 4.57 Å². The van der Waals surface area contributed by atoms with Gasteiger partial charge in [-0.25, -0.2) is 24.1 Å². The number of hydrogen-bond donors (Lipinski definition) is 2. The number of piperidine rings is 1. The van der Waals surface area contributed by atoms with Crippen molar-refractivity contribution in [1.82, 2.24) is 24.8 Å². The number of nitrogens with zero attached hydrogens (tertiary/aromatic N) is 5. The normalized spacial score (nSPS) is 13.9. The van der Waals surface area contributed by atoms with Crippen LogP contribution in [0.4, 0.5) is 20.7 Å². The lowest BCUT2D eigenvalue weighted by molar-refractivity contribution is 0.246. The molecule has 0 atom stereocenters. The summed E-state index contributed by atoms with van der Waals surface area (Å²) in [4.78, 5) is 28.9. The Morgan fingerprint density at radius 2 is 1.65 bits per heavy atom. The number of benzene rings is 3. The molecule has 0 radical (unpaired) electrons. The molecule has 0 bridgehead atoms. The van der Waals surface area contributed by atoms with E-state index in [0.29, 0.717) is 45.8 Å². The number of hydrogen-bond acceptors (Lipinski definition) is 5. The SMILES string of the molecule is O=C(Nc1ccc(F)cc1)NC1CCN(c2ncnc3c2nc(-c2ccccc2Cl)n3-c2ccc(Cl)cc2)CC1. The maximum atomic E-state index is 13.1. The second-order valence-corrected chi connectivity index (χ2v) is 10.3. The highest BCUT2D eigenvalue weighted by atomic mass is 35.5. The van der Waals surface area contributed by atoms with Crippen LogP contribution in [0.2, 0.25) is 10.0 Å². The molecule has 2 aromatic heterocycles.